The molecule has 7 nitrogen and oxygen atoms in total. The summed E-state index contributed by atoms with van der Waals surface area (Å²) < 4.78 is 1.39. The summed E-state index contributed by atoms with van der Waals surface area (Å²) in [7, 11) is 0. The van der Waals surface area contributed by atoms with Crippen LogP contribution in [0.4, 0.5) is 5.82 Å². The molecule has 0 amide bonds. The largest absolute Gasteiger partial charge is 0.367 e. The monoisotopic (exact) mass is 262 g/mol. The van der Waals surface area contributed by atoms with Crippen LogP contribution in [0.1, 0.15) is 19.8 Å². The van der Waals surface area contributed by atoms with E-state index in [1.807, 2.05) is 0 Å². The zero-order valence-corrected chi connectivity index (χ0v) is 11.0. The maximum Gasteiger partial charge on any atom is 0.348 e. The number of likely N-dealkylation sites (tertiary alicyclic amines) is 1. The summed E-state index contributed by atoms with van der Waals surface area (Å²) in [6.45, 7) is 5.56. The molecule has 3 rings (SSSR count). The fourth-order valence-corrected chi connectivity index (χ4v) is 2.49. The third-order valence-corrected chi connectivity index (χ3v) is 3.70. The molecule has 0 saturated carbocycles. The molecule has 0 atom stereocenters. The van der Waals surface area contributed by atoms with Gasteiger partial charge < -0.3 is 10.2 Å². The van der Waals surface area contributed by atoms with Gasteiger partial charge in [0.2, 0.25) is 0 Å². The molecule has 2 aromatic rings. The van der Waals surface area contributed by atoms with Gasteiger partial charge >= 0.3 is 5.69 Å². The highest BCUT2D eigenvalue weighted by Gasteiger charge is 2.18. The number of anilines is 1. The first-order valence-corrected chi connectivity index (χ1v) is 6.68. The van der Waals surface area contributed by atoms with Gasteiger partial charge in [0.1, 0.15) is 12.1 Å². The first-order chi connectivity index (χ1) is 9.26. The summed E-state index contributed by atoms with van der Waals surface area (Å²) >= 11 is 0. The van der Waals surface area contributed by atoms with Crippen LogP contribution in [0.15, 0.2) is 17.2 Å². The molecule has 0 unspecified atom stereocenters. The lowest BCUT2D eigenvalue weighted by Gasteiger charge is -2.31. The Labute approximate surface area is 110 Å². The zero-order valence-electron chi connectivity index (χ0n) is 11.0. The van der Waals surface area contributed by atoms with Crippen molar-refractivity contribution < 1.29 is 0 Å². The second-order valence-electron chi connectivity index (χ2n) is 4.88. The first kappa shape index (κ1) is 12.2. The van der Waals surface area contributed by atoms with Crippen molar-refractivity contribution >= 4 is 11.5 Å². The van der Waals surface area contributed by atoms with Crippen molar-refractivity contribution in [3.63, 3.8) is 0 Å². The first-order valence-electron chi connectivity index (χ1n) is 6.68. The fraction of sp³-hybridized carbons (Fsp3) is 0.583. The lowest BCUT2D eigenvalue weighted by Crippen LogP contribution is -2.39. The lowest BCUT2D eigenvalue weighted by atomic mass is 10.1. The Morgan fingerprint density at radius 2 is 2.26 bits per heavy atom. The van der Waals surface area contributed by atoms with E-state index in [0.29, 0.717) is 11.7 Å². The van der Waals surface area contributed by atoms with Crippen LogP contribution >= 0.6 is 0 Å². The Kier molecular flexibility index (Phi) is 3.20. The van der Waals surface area contributed by atoms with E-state index in [9.17, 15) is 4.79 Å². The topological polar surface area (TPSA) is 78.3 Å². The fourth-order valence-electron chi connectivity index (χ4n) is 2.49. The summed E-state index contributed by atoms with van der Waals surface area (Å²) in [6, 6.07) is 2.24. The minimum absolute atomic E-state index is 0.259. The predicted molar refractivity (Wildman–Crippen MR) is 72.4 cm³/mol. The van der Waals surface area contributed by atoms with Gasteiger partial charge in [-0.15, -0.1) is 0 Å². The Balaban J connectivity index is 1.70. The van der Waals surface area contributed by atoms with Crippen molar-refractivity contribution in [1.82, 2.24) is 24.5 Å². The van der Waals surface area contributed by atoms with Crippen LogP contribution in [0, 0.1) is 0 Å². The third kappa shape index (κ3) is 2.46. The van der Waals surface area contributed by atoms with Gasteiger partial charge in [-0.1, -0.05) is 6.92 Å². The Hall–Kier alpha value is -1.89. The average Bonchev–Trinajstić information content (AvgIpc) is 2.81. The van der Waals surface area contributed by atoms with Gasteiger partial charge in [0.15, 0.2) is 5.65 Å². The van der Waals surface area contributed by atoms with Crippen LogP contribution < -0.4 is 11.0 Å². The van der Waals surface area contributed by atoms with E-state index in [2.05, 4.69) is 32.3 Å². The molecule has 19 heavy (non-hydrogen) atoms. The molecule has 1 saturated heterocycles. The molecular formula is C12H18N6O. The molecule has 0 bridgehead atoms. The maximum atomic E-state index is 11.3. The quantitative estimate of drug-likeness (QED) is 0.832. The molecule has 1 fully saturated rings. The van der Waals surface area contributed by atoms with E-state index in [1.165, 1.54) is 10.7 Å². The summed E-state index contributed by atoms with van der Waals surface area (Å²) in [5, 5.41) is 9.76. The second kappa shape index (κ2) is 5.00. The number of hydrogen-bond acceptors (Lipinski definition) is 5. The number of fused-ring (bicyclic) bond motifs is 1. The van der Waals surface area contributed by atoms with Crippen LogP contribution in [0.5, 0.6) is 0 Å². The van der Waals surface area contributed by atoms with Crippen molar-refractivity contribution in [2.45, 2.75) is 25.8 Å². The van der Waals surface area contributed by atoms with Gasteiger partial charge in [0.05, 0.1) is 0 Å². The number of rotatable bonds is 3. The molecule has 1 aliphatic heterocycles. The Morgan fingerprint density at radius 3 is 3.00 bits per heavy atom. The maximum absolute atomic E-state index is 11.3. The molecule has 0 aliphatic carbocycles. The minimum atomic E-state index is -0.259. The summed E-state index contributed by atoms with van der Waals surface area (Å²) in [5.41, 5.74) is 0.332. The summed E-state index contributed by atoms with van der Waals surface area (Å²) in [5.74, 6) is 0.779. The van der Waals surface area contributed by atoms with Gasteiger partial charge in [-0.05, 0) is 19.4 Å². The lowest BCUT2D eigenvalue weighted by molar-refractivity contribution is 0.229. The van der Waals surface area contributed by atoms with Crippen molar-refractivity contribution in [3.8, 4) is 0 Å². The third-order valence-electron chi connectivity index (χ3n) is 3.70. The van der Waals surface area contributed by atoms with Gasteiger partial charge in [-0.25, -0.2) is 19.3 Å². The van der Waals surface area contributed by atoms with E-state index < -0.39 is 0 Å². The van der Waals surface area contributed by atoms with E-state index in [4.69, 9.17) is 0 Å². The highest BCUT2D eigenvalue weighted by Crippen LogP contribution is 2.15. The molecule has 2 N–H and O–H groups in total. The Morgan fingerprint density at radius 1 is 1.47 bits per heavy atom. The molecule has 1 aliphatic rings. The van der Waals surface area contributed by atoms with Crippen molar-refractivity contribution in [2.75, 3.05) is 25.0 Å². The normalized spacial score (nSPS) is 17.9. The van der Waals surface area contributed by atoms with Gasteiger partial charge in [-0.3, -0.25) is 0 Å². The van der Waals surface area contributed by atoms with Gasteiger partial charge in [0, 0.05) is 25.2 Å². The molecule has 2 aromatic heterocycles. The van der Waals surface area contributed by atoms with Crippen LogP contribution in [0.2, 0.25) is 0 Å². The molecule has 0 spiro atoms. The van der Waals surface area contributed by atoms with Crippen molar-refractivity contribution in [3.05, 3.63) is 22.9 Å². The average molecular weight is 262 g/mol. The molecule has 7 heteroatoms. The number of nitrogens with one attached hydrogen (secondary N) is 2. The second-order valence-corrected chi connectivity index (χ2v) is 4.88. The number of nitrogens with zero attached hydrogens (tertiary/aromatic N) is 4. The SMILES string of the molecule is CCN1CCC(Nc2cc3n[nH]c(=O)n3cn2)CC1. The molecular weight excluding hydrogens is 244 g/mol. The van der Waals surface area contributed by atoms with Gasteiger partial charge in [0.25, 0.3) is 0 Å². The smallest absolute Gasteiger partial charge is 0.348 e. The number of piperidine rings is 1. The molecule has 102 valence electrons. The number of aromatic amines is 1. The van der Waals surface area contributed by atoms with Crippen molar-refractivity contribution in [1.29, 1.82) is 0 Å². The van der Waals surface area contributed by atoms with E-state index >= 15 is 0 Å². The van der Waals surface area contributed by atoms with E-state index in [-0.39, 0.29) is 5.69 Å². The zero-order chi connectivity index (χ0) is 13.2. The van der Waals surface area contributed by atoms with Crippen LogP contribution in [0.3, 0.4) is 0 Å². The van der Waals surface area contributed by atoms with Crippen molar-refractivity contribution in [2.24, 2.45) is 0 Å². The number of H-pyrrole nitrogens is 1. The van der Waals surface area contributed by atoms with E-state index in [0.717, 1.165) is 38.3 Å². The van der Waals surface area contributed by atoms with Crippen LogP contribution in [-0.4, -0.2) is 50.2 Å². The molecule has 3 heterocycles. The number of aromatic nitrogens is 4. The number of hydrogen-bond donors (Lipinski definition) is 2. The summed E-state index contributed by atoms with van der Waals surface area (Å²) in [4.78, 5) is 18.0. The highest BCUT2D eigenvalue weighted by atomic mass is 16.1. The minimum Gasteiger partial charge on any atom is -0.367 e. The van der Waals surface area contributed by atoms with E-state index in [1.54, 1.807) is 6.07 Å². The van der Waals surface area contributed by atoms with Gasteiger partial charge in [-0.2, -0.15) is 5.10 Å². The van der Waals surface area contributed by atoms with Crippen LogP contribution in [0.25, 0.3) is 5.65 Å². The summed E-state index contributed by atoms with van der Waals surface area (Å²) in [6.07, 6.45) is 3.74. The Bertz CT molecular complexity index is 610. The predicted octanol–water partition coefficient (Wildman–Crippen LogP) is 0.314. The standard InChI is InChI=1S/C12H18N6O/c1-2-17-5-3-9(4-6-17)14-10-7-11-15-16-12(19)18(11)8-13-10/h7-9,14H,2-6H2,1H3,(H,16,19). The highest BCUT2D eigenvalue weighted by molar-refractivity contribution is 5.48. The molecule has 0 radical (unpaired) electrons. The molecule has 0 aromatic carbocycles. The van der Waals surface area contributed by atoms with Crippen LogP contribution in [-0.2, 0) is 0 Å².